The van der Waals surface area contributed by atoms with Gasteiger partial charge in [-0.15, -0.1) is 0 Å². The molecule has 1 heterocycles. The summed E-state index contributed by atoms with van der Waals surface area (Å²) in [5, 5.41) is 12.2. The number of nitrogens with zero attached hydrogens (tertiary/aromatic N) is 1. The highest BCUT2D eigenvalue weighted by atomic mass is 32.1. The average molecular weight is 368 g/mol. The minimum Gasteiger partial charge on any atom is -0.488 e. The number of hydrogen-bond acceptors (Lipinski definition) is 4. The molecular formula is C19H16N2O4S. The molecular weight excluding hydrogens is 352 g/mol. The van der Waals surface area contributed by atoms with Crippen molar-refractivity contribution in [1.82, 2.24) is 10.2 Å². The molecule has 2 aromatic carbocycles. The molecule has 3 rings (SSSR count). The first kappa shape index (κ1) is 17.6. The molecule has 132 valence electrons. The molecule has 0 aliphatic carbocycles. The lowest BCUT2D eigenvalue weighted by Gasteiger charge is -2.10. The molecule has 1 amide bonds. The molecule has 0 atom stereocenters. The van der Waals surface area contributed by atoms with E-state index >= 15 is 0 Å². The Balaban J connectivity index is 1.76. The van der Waals surface area contributed by atoms with E-state index in [0.717, 1.165) is 11.1 Å². The molecule has 0 saturated carbocycles. The zero-order valence-corrected chi connectivity index (χ0v) is 14.7. The average Bonchev–Trinajstić information content (AvgIpc) is 2.88. The Morgan fingerprint density at radius 3 is 2.54 bits per heavy atom. The summed E-state index contributed by atoms with van der Waals surface area (Å²) in [7, 11) is 1.61. The van der Waals surface area contributed by atoms with Gasteiger partial charge in [-0.1, -0.05) is 30.3 Å². The number of para-hydroxylation sites is 1. The number of ether oxygens (including phenoxy) is 1. The highest BCUT2D eigenvalue weighted by molar-refractivity contribution is 7.80. The lowest BCUT2D eigenvalue weighted by Crippen LogP contribution is -2.25. The van der Waals surface area contributed by atoms with Crippen LogP contribution in [0.4, 0.5) is 0 Å². The lowest BCUT2D eigenvalue weighted by molar-refractivity contribution is -0.121. The lowest BCUT2D eigenvalue weighted by atomic mass is 10.1. The molecule has 7 heteroatoms. The van der Waals surface area contributed by atoms with Gasteiger partial charge in [-0.3, -0.25) is 9.69 Å². The Kier molecular flexibility index (Phi) is 4.99. The van der Waals surface area contributed by atoms with Crippen LogP contribution in [0, 0.1) is 0 Å². The first-order chi connectivity index (χ1) is 12.5. The molecule has 0 radical (unpaired) electrons. The van der Waals surface area contributed by atoms with Crippen molar-refractivity contribution in [3.8, 4) is 5.75 Å². The minimum atomic E-state index is -0.967. The third-order valence-electron chi connectivity index (χ3n) is 3.90. The van der Waals surface area contributed by atoms with Crippen molar-refractivity contribution in [2.75, 3.05) is 7.05 Å². The van der Waals surface area contributed by atoms with Crippen LogP contribution in [-0.4, -0.2) is 34.0 Å². The van der Waals surface area contributed by atoms with Crippen LogP contribution in [0.3, 0.4) is 0 Å². The maximum atomic E-state index is 12.1. The summed E-state index contributed by atoms with van der Waals surface area (Å²) in [4.78, 5) is 24.4. The second-order valence-electron chi connectivity index (χ2n) is 5.68. The SMILES string of the molecule is CN1C(=O)C(=Cc2ccccc2OCc2ccc(C(=O)O)cc2)NC1=S. The van der Waals surface area contributed by atoms with Crippen molar-refractivity contribution in [2.45, 2.75) is 6.61 Å². The number of hydrogen-bond donors (Lipinski definition) is 2. The highest BCUT2D eigenvalue weighted by Gasteiger charge is 2.27. The summed E-state index contributed by atoms with van der Waals surface area (Å²) in [6.45, 7) is 0.278. The molecule has 2 N–H and O–H groups in total. The van der Waals surface area contributed by atoms with Crippen LogP contribution in [0.25, 0.3) is 6.08 Å². The second-order valence-corrected chi connectivity index (χ2v) is 6.07. The number of carboxylic acid groups (broad SMARTS) is 1. The monoisotopic (exact) mass is 368 g/mol. The predicted octanol–water partition coefficient (Wildman–Crippen LogP) is 2.65. The van der Waals surface area contributed by atoms with Gasteiger partial charge in [-0.25, -0.2) is 4.79 Å². The van der Waals surface area contributed by atoms with Gasteiger partial charge < -0.3 is 15.2 Å². The first-order valence-corrected chi connectivity index (χ1v) is 8.21. The summed E-state index contributed by atoms with van der Waals surface area (Å²) < 4.78 is 5.85. The number of aromatic carboxylic acids is 1. The number of benzene rings is 2. The number of nitrogens with one attached hydrogen (secondary N) is 1. The van der Waals surface area contributed by atoms with Crippen LogP contribution in [0.5, 0.6) is 5.75 Å². The number of amides is 1. The molecule has 1 fully saturated rings. The normalized spacial score (nSPS) is 15.3. The number of carboxylic acids is 1. The van der Waals surface area contributed by atoms with Gasteiger partial charge in [0.25, 0.3) is 5.91 Å². The van der Waals surface area contributed by atoms with Gasteiger partial charge in [0.1, 0.15) is 18.1 Å². The molecule has 1 saturated heterocycles. The van der Waals surface area contributed by atoms with Crippen molar-refractivity contribution in [3.05, 3.63) is 70.9 Å². The topological polar surface area (TPSA) is 78.9 Å². The number of carbonyl (C=O) groups excluding carboxylic acids is 1. The van der Waals surface area contributed by atoms with E-state index in [1.54, 1.807) is 31.3 Å². The van der Waals surface area contributed by atoms with Crippen molar-refractivity contribution in [1.29, 1.82) is 0 Å². The van der Waals surface area contributed by atoms with E-state index < -0.39 is 5.97 Å². The summed E-state index contributed by atoms with van der Waals surface area (Å²) in [5.74, 6) is -0.558. The van der Waals surface area contributed by atoms with Crippen LogP contribution in [0.15, 0.2) is 54.2 Å². The Morgan fingerprint density at radius 2 is 1.92 bits per heavy atom. The Morgan fingerprint density at radius 1 is 1.23 bits per heavy atom. The molecule has 0 unspecified atom stereocenters. The van der Waals surface area contributed by atoms with E-state index in [2.05, 4.69) is 5.32 Å². The number of carbonyl (C=O) groups is 2. The number of rotatable bonds is 5. The quantitative estimate of drug-likeness (QED) is 0.624. The van der Waals surface area contributed by atoms with Gasteiger partial charge in [-0.05, 0) is 42.1 Å². The molecule has 0 bridgehead atoms. The fraction of sp³-hybridized carbons (Fsp3) is 0.105. The standard InChI is InChI=1S/C19H16N2O4S/c1-21-17(22)15(20-19(21)26)10-14-4-2-3-5-16(14)25-11-12-6-8-13(9-7-12)18(23)24/h2-10H,11H2,1H3,(H,20,26)(H,23,24). The van der Waals surface area contributed by atoms with Crippen LogP contribution in [0.2, 0.25) is 0 Å². The molecule has 0 aromatic heterocycles. The van der Waals surface area contributed by atoms with Gasteiger partial charge in [0.15, 0.2) is 5.11 Å². The van der Waals surface area contributed by atoms with Crippen LogP contribution >= 0.6 is 12.2 Å². The summed E-state index contributed by atoms with van der Waals surface area (Å²) in [6, 6.07) is 13.8. The Hall–Kier alpha value is -3.19. The van der Waals surface area contributed by atoms with Gasteiger partial charge in [0.2, 0.25) is 0 Å². The van der Waals surface area contributed by atoms with E-state index in [1.807, 2.05) is 18.2 Å². The molecule has 2 aromatic rings. The van der Waals surface area contributed by atoms with E-state index in [-0.39, 0.29) is 18.1 Å². The number of likely N-dealkylation sites (N-methyl/N-ethyl adjacent to an activating group) is 1. The van der Waals surface area contributed by atoms with Gasteiger partial charge in [0, 0.05) is 12.6 Å². The van der Waals surface area contributed by atoms with E-state index in [9.17, 15) is 9.59 Å². The molecule has 0 spiro atoms. The summed E-state index contributed by atoms with van der Waals surface area (Å²) >= 11 is 5.07. The molecule has 6 nitrogen and oxygen atoms in total. The second kappa shape index (κ2) is 7.37. The van der Waals surface area contributed by atoms with Gasteiger partial charge >= 0.3 is 5.97 Å². The first-order valence-electron chi connectivity index (χ1n) is 7.80. The summed E-state index contributed by atoms with van der Waals surface area (Å²) in [6.07, 6.45) is 1.70. The molecule has 1 aliphatic rings. The zero-order valence-electron chi connectivity index (χ0n) is 13.9. The maximum Gasteiger partial charge on any atom is 0.335 e. The van der Waals surface area contributed by atoms with E-state index in [4.69, 9.17) is 22.1 Å². The van der Waals surface area contributed by atoms with Crippen molar-refractivity contribution in [2.24, 2.45) is 0 Å². The van der Waals surface area contributed by atoms with Crippen molar-refractivity contribution < 1.29 is 19.4 Å². The van der Waals surface area contributed by atoms with Gasteiger partial charge in [0.05, 0.1) is 5.56 Å². The van der Waals surface area contributed by atoms with Crippen LogP contribution < -0.4 is 10.1 Å². The molecule has 26 heavy (non-hydrogen) atoms. The predicted molar refractivity (Wildman–Crippen MR) is 101 cm³/mol. The van der Waals surface area contributed by atoms with E-state index in [1.165, 1.54) is 17.0 Å². The highest BCUT2D eigenvalue weighted by Crippen LogP contribution is 2.23. The van der Waals surface area contributed by atoms with Crippen LogP contribution in [-0.2, 0) is 11.4 Å². The Bertz CT molecular complexity index is 906. The fourth-order valence-electron chi connectivity index (χ4n) is 2.41. The smallest absolute Gasteiger partial charge is 0.335 e. The zero-order chi connectivity index (χ0) is 18.7. The third kappa shape index (κ3) is 3.73. The summed E-state index contributed by atoms with van der Waals surface area (Å²) in [5.41, 5.74) is 2.20. The third-order valence-corrected chi connectivity index (χ3v) is 4.27. The van der Waals surface area contributed by atoms with Gasteiger partial charge in [-0.2, -0.15) is 0 Å². The largest absolute Gasteiger partial charge is 0.488 e. The Labute approximate surface area is 155 Å². The molecule has 1 aliphatic heterocycles. The van der Waals surface area contributed by atoms with Crippen molar-refractivity contribution >= 4 is 35.3 Å². The minimum absolute atomic E-state index is 0.200. The fourth-order valence-corrected chi connectivity index (χ4v) is 2.61. The van der Waals surface area contributed by atoms with E-state index in [0.29, 0.717) is 16.6 Å². The number of thiocarbonyl (C=S) groups is 1. The van der Waals surface area contributed by atoms with Crippen LogP contribution in [0.1, 0.15) is 21.5 Å². The van der Waals surface area contributed by atoms with Crippen molar-refractivity contribution in [3.63, 3.8) is 0 Å². The maximum absolute atomic E-state index is 12.1.